The van der Waals surface area contributed by atoms with Gasteiger partial charge in [0.05, 0.1) is 6.54 Å². The van der Waals surface area contributed by atoms with Gasteiger partial charge in [-0.2, -0.15) is 0 Å². The summed E-state index contributed by atoms with van der Waals surface area (Å²) in [6.45, 7) is 0.889. The Bertz CT molecular complexity index is 753. The third-order valence-corrected chi connectivity index (χ3v) is 4.85. The zero-order chi connectivity index (χ0) is 15.5. The molecular formula is C16H12BrNO3S. The number of carbonyl (C=O) groups excluding carboxylic acids is 2. The highest BCUT2D eigenvalue weighted by Gasteiger charge is 2.23. The zero-order valence-corrected chi connectivity index (χ0v) is 13.9. The van der Waals surface area contributed by atoms with Gasteiger partial charge in [0, 0.05) is 26.0 Å². The van der Waals surface area contributed by atoms with Gasteiger partial charge in [0.2, 0.25) is 0 Å². The van der Waals surface area contributed by atoms with Crippen molar-refractivity contribution in [1.29, 1.82) is 0 Å². The van der Waals surface area contributed by atoms with Gasteiger partial charge in [-0.05, 0) is 46.3 Å². The Balaban J connectivity index is 1.78. The second-order valence-electron chi connectivity index (χ2n) is 4.68. The first kappa shape index (κ1) is 15.0. The maximum atomic E-state index is 12.2. The van der Waals surface area contributed by atoms with E-state index in [9.17, 15) is 9.59 Å². The Morgan fingerprint density at radius 2 is 2.23 bits per heavy atom. The molecular weight excluding hydrogens is 366 g/mol. The van der Waals surface area contributed by atoms with Crippen molar-refractivity contribution >= 4 is 50.9 Å². The fourth-order valence-corrected chi connectivity index (χ4v) is 3.46. The molecule has 0 spiro atoms. The number of rotatable bonds is 4. The van der Waals surface area contributed by atoms with Crippen molar-refractivity contribution in [3.05, 3.63) is 56.7 Å². The summed E-state index contributed by atoms with van der Waals surface area (Å²) >= 11 is 4.93. The quantitative estimate of drug-likeness (QED) is 0.587. The van der Waals surface area contributed by atoms with Gasteiger partial charge in [-0.25, -0.2) is 4.79 Å². The summed E-state index contributed by atoms with van der Waals surface area (Å²) in [5, 5.41) is 1.96. The highest BCUT2D eigenvalue weighted by atomic mass is 79.9. The molecule has 3 rings (SSSR count). The monoisotopic (exact) mass is 377 g/mol. The number of anilines is 1. The van der Waals surface area contributed by atoms with E-state index in [1.165, 1.54) is 4.90 Å². The molecule has 0 saturated carbocycles. The van der Waals surface area contributed by atoms with Crippen LogP contribution in [0.3, 0.4) is 0 Å². The Morgan fingerprint density at radius 3 is 2.91 bits per heavy atom. The summed E-state index contributed by atoms with van der Waals surface area (Å²) in [7, 11) is 0. The van der Waals surface area contributed by atoms with Crippen molar-refractivity contribution < 1.29 is 14.3 Å². The molecule has 4 nitrogen and oxygen atoms in total. The molecule has 0 atom stereocenters. The second-order valence-corrected chi connectivity index (χ2v) is 6.54. The van der Waals surface area contributed by atoms with Gasteiger partial charge in [-0.15, -0.1) is 11.3 Å². The first-order chi connectivity index (χ1) is 10.6. The molecule has 0 N–H and O–H groups in total. The fraction of sp³-hybridized carbons (Fsp3) is 0.125. The average molecular weight is 378 g/mol. The molecule has 0 radical (unpaired) electrons. The predicted molar refractivity (Wildman–Crippen MR) is 90.5 cm³/mol. The van der Waals surface area contributed by atoms with Crippen molar-refractivity contribution in [3.63, 3.8) is 0 Å². The van der Waals surface area contributed by atoms with Crippen LogP contribution in [0.4, 0.5) is 10.5 Å². The van der Waals surface area contributed by atoms with Crippen LogP contribution in [0.1, 0.15) is 15.2 Å². The van der Waals surface area contributed by atoms with Gasteiger partial charge in [0.25, 0.3) is 0 Å². The minimum atomic E-state index is -0.372. The minimum absolute atomic E-state index is 0.0982. The third-order valence-electron chi connectivity index (χ3n) is 3.19. The molecule has 1 amide bonds. The molecule has 1 aliphatic rings. The standard InChI is InChI=1S/C16H12BrNO3S/c17-12-9-14(22-10-12)4-5-15(19)11-2-1-3-13(8-11)18-6-7-21-16(18)20/h1-5,8-10H,6-7H2/b5-4+. The summed E-state index contributed by atoms with van der Waals surface area (Å²) in [6, 6.07) is 8.96. The number of carbonyl (C=O) groups is 2. The molecule has 1 aromatic carbocycles. The lowest BCUT2D eigenvalue weighted by Gasteiger charge is -2.13. The molecule has 0 aliphatic carbocycles. The topological polar surface area (TPSA) is 46.6 Å². The Labute approximate surface area is 140 Å². The summed E-state index contributed by atoms with van der Waals surface area (Å²) in [5.74, 6) is -0.0982. The van der Waals surface area contributed by atoms with E-state index >= 15 is 0 Å². The highest BCUT2D eigenvalue weighted by Crippen LogP contribution is 2.22. The van der Waals surface area contributed by atoms with E-state index in [0.29, 0.717) is 24.4 Å². The van der Waals surface area contributed by atoms with Gasteiger partial charge in [0.15, 0.2) is 5.78 Å². The van der Waals surface area contributed by atoms with E-state index in [2.05, 4.69) is 15.9 Å². The van der Waals surface area contributed by atoms with Crippen LogP contribution in [0.25, 0.3) is 6.08 Å². The SMILES string of the molecule is O=C(/C=C/c1cc(Br)cs1)c1cccc(N2CCOC2=O)c1. The number of thiophene rings is 1. The number of amides is 1. The summed E-state index contributed by atoms with van der Waals surface area (Å²) < 4.78 is 5.91. The molecule has 2 heterocycles. The second kappa shape index (κ2) is 6.46. The molecule has 1 fully saturated rings. The van der Waals surface area contributed by atoms with E-state index < -0.39 is 0 Å². The number of ketones is 1. The lowest BCUT2D eigenvalue weighted by molar-refractivity contribution is 0.104. The Morgan fingerprint density at radius 1 is 1.36 bits per heavy atom. The van der Waals surface area contributed by atoms with Crippen LogP contribution in [-0.2, 0) is 4.74 Å². The van der Waals surface area contributed by atoms with Gasteiger partial charge in [-0.3, -0.25) is 9.69 Å². The van der Waals surface area contributed by atoms with Crippen molar-refractivity contribution in [1.82, 2.24) is 0 Å². The number of hydrogen-bond donors (Lipinski definition) is 0. The molecule has 1 saturated heterocycles. The van der Waals surface area contributed by atoms with Crippen LogP contribution in [0.15, 0.2) is 46.3 Å². The molecule has 1 aliphatic heterocycles. The normalized spacial score (nSPS) is 14.6. The average Bonchev–Trinajstić information content (AvgIpc) is 3.13. The van der Waals surface area contributed by atoms with Crippen LogP contribution < -0.4 is 4.90 Å². The molecule has 0 unspecified atom stereocenters. The minimum Gasteiger partial charge on any atom is -0.447 e. The van der Waals surface area contributed by atoms with Gasteiger partial charge < -0.3 is 4.74 Å². The van der Waals surface area contributed by atoms with Gasteiger partial charge in [0.1, 0.15) is 6.61 Å². The highest BCUT2D eigenvalue weighted by molar-refractivity contribution is 9.10. The lowest BCUT2D eigenvalue weighted by Crippen LogP contribution is -2.23. The van der Waals surface area contributed by atoms with E-state index in [4.69, 9.17) is 4.74 Å². The zero-order valence-electron chi connectivity index (χ0n) is 11.5. The largest absolute Gasteiger partial charge is 0.447 e. The van der Waals surface area contributed by atoms with Gasteiger partial charge >= 0.3 is 6.09 Å². The van der Waals surface area contributed by atoms with Crippen LogP contribution in [0.2, 0.25) is 0 Å². The van der Waals surface area contributed by atoms with Crippen molar-refractivity contribution in [2.24, 2.45) is 0 Å². The van der Waals surface area contributed by atoms with Crippen molar-refractivity contribution in [2.45, 2.75) is 0 Å². The van der Waals surface area contributed by atoms with E-state index in [0.717, 1.165) is 9.35 Å². The van der Waals surface area contributed by atoms with Gasteiger partial charge in [-0.1, -0.05) is 12.1 Å². The number of hydrogen-bond acceptors (Lipinski definition) is 4. The third kappa shape index (κ3) is 3.28. The first-order valence-corrected chi connectivity index (χ1v) is 8.31. The van der Waals surface area contributed by atoms with Crippen molar-refractivity contribution in [2.75, 3.05) is 18.1 Å². The van der Waals surface area contributed by atoms with E-state index in [1.807, 2.05) is 11.4 Å². The number of ether oxygens (including phenoxy) is 1. The van der Waals surface area contributed by atoms with Crippen molar-refractivity contribution in [3.8, 4) is 0 Å². The van der Waals surface area contributed by atoms with Crippen LogP contribution >= 0.6 is 27.3 Å². The number of halogens is 1. The smallest absolute Gasteiger partial charge is 0.414 e. The lowest BCUT2D eigenvalue weighted by atomic mass is 10.1. The number of nitrogens with zero attached hydrogens (tertiary/aromatic N) is 1. The van der Waals surface area contributed by atoms with Crippen LogP contribution in [0.5, 0.6) is 0 Å². The summed E-state index contributed by atoms with van der Waals surface area (Å²) in [4.78, 5) is 26.3. The molecule has 112 valence electrons. The maximum Gasteiger partial charge on any atom is 0.414 e. The Kier molecular flexibility index (Phi) is 4.40. The maximum absolute atomic E-state index is 12.2. The van der Waals surface area contributed by atoms with Crippen LogP contribution in [-0.4, -0.2) is 25.0 Å². The first-order valence-electron chi connectivity index (χ1n) is 6.64. The Hall–Kier alpha value is -1.92. The number of benzene rings is 1. The van der Waals surface area contributed by atoms with E-state index in [-0.39, 0.29) is 11.9 Å². The number of allylic oxidation sites excluding steroid dienone is 1. The van der Waals surface area contributed by atoms with Crippen LogP contribution in [0, 0.1) is 0 Å². The molecule has 2 aromatic rings. The molecule has 1 aromatic heterocycles. The number of cyclic esters (lactones) is 1. The fourth-order valence-electron chi connectivity index (χ4n) is 2.12. The molecule has 6 heteroatoms. The van der Waals surface area contributed by atoms with E-state index in [1.54, 1.807) is 47.8 Å². The molecule has 22 heavy (non-hydrogen) atoms. The summed E-state index contributed by atoms with van der Waals surface area (Å²) in [6.07, 6.45) is 2.96. The molecule has 0 bridgehead atoms. The predicted octanol–water partition coefficient (Wildman–Crippen LogP) is 4.36. The summed E-state index contributed by atoms with van der Waals surface area (Å²) in [5.41, 5.74) is 1.23.